The highest BCUT2D eigenvalue weighted by molar-refractivity contribution is 6.74. The predicted molar refractivity (Wildman–Crippen MR) is 128 cm³/mol. The summed E-state index contributed by atoms with van der Waals surface area (Å²) in [5, 5.41) is -0.0422. The van der Waals surface area contributed by atoms with Gasteiger partial charge in [0.25, 0.3) is 8.32 Å². The Hall–Kier alpha value is -2.28. The summed E-state index contributed by atoms with van der Waals surface area (Å²) >= 11 is 0. The van der Waals surface area contributed by atoms with E-state index in [1.165, 1.54) is 7.11 Å². The van der Waals surface area contributed by atoms with Crippen LogP contribution in [0.4, 0.5) is 0 Å². The van der Waals surface area contributed by atoms with Crippen molar-refractivity contribution in [1.82, 2.24) is 0 Å². The van der Waals surface area contributed by atoms with Crippen molar-refractivity contribution in [2.75, 3.05) is 14.2 Å². The van der Waals surface area contributed by atoms with Gasteiger partial charge in [-0.25, -0.2) is 4.79 Å². The molecule has 1 atom stereocenters. The van der Waals surface area contributed by atoms with E-state index in [9.17, 15) is 9.59 Å². The third-order valence-corrected chi connectivity index (χ3v) is 11.0. The van der Waals surface area contributed by atoms with Gasteiger partial charge in [0.2, 0.25) is 0 Å². The molecule has 0 radical (unpaired) electrons. The van der Waals surface area contributed by atoms with Crippen molar-refractivity contribution in [2.24, 2.45) is 5.92 Å². The van der Waals surface area contributed by atoms with E-state index in [1.807, 2.05) is 20.8 Å². The van der Waals surface area contributed by atoms with Crippen LogP contribution in [-0.4, -0.2) is 34.5 Å². The molecular weight excluding hydrogens is 424 g/mol. The number of fused-ring (bicyclic) bond motifs is 1. The molecular formula is C25H38O6Si. The minimum Gasteiger partial charge on any atom is -0.543 e. The molecule has 1 aromatic rings. The standard InChI is InChI=1S/C25H38O6Si/c1-15(13-16(2)23(26)29-8)11-12-18-21(28-7)17(3)19-14-30-24(27)20(19)22(18)31-32(9,10)25(4,5)6/h11,16H,12-14H2,1-10H3/b15-11+. The van der Waals surface area contributed by atoms with Gasteiger partial charge in [-0.2, -0.15) is 0 Å². The van der Waals surface area contributed by atoms with Gasteiger partial charge in [0, 0.05) is 11.1 Å². The second kappa shape index (κ2) is 9.69. The summed E-state index contributed by atoms with van der Waals surface area (Å²) < 4.78 is 22.8. The quantitative estimate of drug-likeness (QED) is 0.278. The molecule has 0 saturated carbocycles. The van der Waals surface area contributed by atoms with E-state index in [0.717, 1.165) is 28.0 Å². The summed E-state index contributed by atoms with van der Waals surface area (Å²) in [5.74, 6) is 0.509. The molecule has 0 fully saturated rings. The molecule has 1 aromatic carbocycles. The molecule has 2 rings (SSSR count). The van der Waals surface area contributed by atoms with Crippen LogP contribution in [0.15, 0.2) is 11.6 Å². The molecule has 0 saturated heterocycles. The Morgan fingerprint density at radius 2 is 1.84 bits per heavy atom. The van der Waals surface area contributed by atoms with E-state index in [4.69, 9.17) is 18.6 Å². The molecule has 6 nitrogen and oxygen atoms in total. The van der Waals surface area contributed by atoms with Gasteiger partial charge in [0.15, 0.2) is 0 Å². The van der Waals surface area contributed by atoms with E-state index >= 15 is 0 Å². The normalized spacial score (nSPS) is 15.2. The monoisotopic (exact) mass is 462 g/mol. The van der Waals surface area contributed by atoms with Gasteiger partial charge in [-0.3, -0.25) is 4.79 Å². The second-order valence-corrected chi connectivity index (χ2v) is 14.9. The lowest BCUT2D eigenvalue weighted by Gasteiger charge is -2.37. The Labute approximate surface area is 193 Å². The molecule has 0 N–H and O–H groups in total. The number of ether oxygens (including phenoxy) is 3. The van der Waals surface area contributed by atoms with Crippen LogP contribution in [0.1, 0.15) is 68.1 Å². The number of hydrogen-bond donors (Lipinski definition) is 0. The van der Waals surface area contributed by atoms with Crippen LogP contribution < -0.4 is 9.16 Å². The van der Waals surface area contributed by atoms with Crippen LogP contribution in [0, 0.1) is 12.8 Å². The lowest BCUT2D eigenvalue weighted by atomic mass is 9.94. The molecule has 1 aliphatic rings. The molecule has 1 unspecified atom stereocenters. The number of benzene rings is 1. The molecule has 0 bridgehead atoms. The zero-order valence-corrected chi connectivity index (χ0v) is 22.2. The molecule has 1 heterocycles. The van der Waals surface area contributed by atoms with Gasteiger partial charge in [-0.05, 0) is 50.4 Å². The first-order valence-corrected chi connectivity index (χ1v) is 14.0. The maximum absolute atomic E-state index is 12.7. The Morgan fingerprint density at radius 3 is 2.38 bits per heavy atom. The van der Waals surface area contributed by atoms with Crippen molar-refractivity contribution in [3.63, 3.8) is 0 Å². The van der Waals surface area contributed by atoms with Crippen LogP contribution >= 0.6 is 0 Å². The summed E-state index contributed by atoms with van der Waals surface area (Å²) in [7, 11) is 0.793. The number of rotatable bonds is 8. The first-order chi connectivity index (χ1) is 14.7. The Kier molecular flexibility index (Phi) is 7.86. The largest absolute Gasteiger partial charge is 0.543 e. The van der Waals surface area contributed by atoms with E-state index in [1.54, 1.807) is 7.11 Å². The average Bonchev–Trinajstić information content (AvgIpc) is 3.08. The second-order valence-electron chi connectivity index (χ2n) is 10.1. The van der Waals surface area contributed by atoms with E-state index in [2.05, 4.69) is 39.9 Å². The Bertz CT molecular complexity index is 924. The molecule has 7 heteroatoms. The lowest BCUT2D eigenvalue weighted by Crippen LogP contribution is -2.44. The van der Waals surface area contributed by atoms with Crippen molar-refractivity contribution in [3.05, 3.63) is 33.9 Å². The molecule has 0 amide bonds. The number of allylic oxidation sites excluding steroid dienone is 2. The first kappa shape index (κ1) is 26.0. The molecule has 32 heavy (non-hydrogen) atoms. The van der Waals surface area contributed by atoms with Gasteiger partial charge in [0.1, 0.15) is 23.7 Å². The minimum absolute atomic E-state index is 0.0422. The van der Waals surface area contributed by atoms with Crippen molar-refractivity contribution in [1.29, 1.82) is 0 Å². The molecule has 0 aromatic heterocycles. The fourth-order valence-electron chi connectivity index (χ4n) is 3.66. The van der Waals surface area contributed by atoms with Gasteiger partial charge in [-0.1, -0.05) is 39.3 Å². The van der Waals surface area contributed by atoms with Crippen molar-refractivity contribution in [3.8, 4) is 11.5 Å². The summed E-state index contributed by atoms with van der Waals surface area (Å²) in [6.07, 6.45) is 3.19. The summed E-state index contributed by atoms with van der Waals surface area (Å²) in [4.78, 5) is 24.5. The molecule has 178 valence electrons. The third-order valence-electron chi connectivity index (χ3n) is 6.68. The number of hydrogen-bond acceptors (Lipinski definition) is 6. The van der Waals surface area contributed by atoms with E-state index < -0.39 is 8.32 Å². The SMILES string of the molecule is COC(=O)C(C)C/C(C)=C/Cc1c(OC)c(C)c2c(c1O[Si](C)(C)C(C)(C)C)C(=O)OC2. The topological polar surface area (TPSA) is 71.1 Å². The number of carbonyl (C=O) groups excluding carboxylic acids is 2. The summed E-state index contributed by atoms with van der Waals surface area (Å²) in [6.45, 7) is 16.9. The Balaban J connectivity index is 2.59. The number of carbonyl (C=O) groups is 2. The van der Waals surface area contributed by atoms with Gasteiger partial charge in [0.05, 0.1) is 20.1 Å². The van der Waals surface area contributed by atoms with Crippen molar-refractivity contribution >= 4 is 20.3 Å². The molecule has 0 spiro atoms. The van der Waals surface area contributed by atoms with Crippen LogP contribution in [0.25, 0.3) is 0 Å². The fourth-order valence-corrected chi connectivity index (χ4v) is 4.70. The first-order valence-electron chi connectivity index (χ1n) is 11.1. The zero-order valence-electron chi connectivity index (χ0n) is 21.2. The third kappa shape index (κ3) is 5.19. The molecule has 0 aliphatic carbocycles. The van der Waals surface area contributed by atoms with Crippen molar-refractivity contribution in [2.45, 2.75) is 79.1 Å². The average molecular weight is 463 g/mol. The number of cyclic esters (lactones) is 1. The fraction of sp³-hybridized carbons (Fsp3) is 0.600. The Morgan fingerprint density at radius 1 is 1.22 bits per heavy atom. The number of esters is 2. The van der Waals surface area contributed by atoms with Crippen LogP contribution in [-0.2, 0) is 27.3 Å². The minimum atomic E-state index is -2.25. The maximum Gasteiger partial charge on any atom is 0.342 e. The summed E-state index contributed by atoms with van der Waals surface area (Å²) in [6, 6.07) is 0. The zero-order chi connectivity index (χ0) is 24.4. The highest BCUT2D eigenvalue weighted by Gasteiger charge is 2.42. The predicted octanol–water partition coefficient (Wildman–Crippen LogP) is 5.75. The highest BCUT2D eigenvalue weighted by atomic mass is 28.4. The van der Waals surface area contributed by atoms with Crippen LogP contribution in [0.3, 0.4) is 0 Å². The van der Waals surface area contributed by atoms with Gasteiger partial charge >= 0.3 is 11.9 Å². The van der Waals surface area contributed by atoms with Gasteiger partial charge in [-0.15, -0.1) is 0 Å². The summed E-state index contributed by atoms with van der Waals surface area (Å²) in [5.41, 5.74) is 4.17. The number of methoxy groups -OCH3 is 2. The lowest BCUT2D eigenvalue weighted by molar-refractivity contribution is -0.144. The van der Waals surface area contributed by atoms with Crippen LogP contribution in [0.2, 0.25) is 18.1 Å². The van der Waals surface area contributed by atoms with Gasteiger partial charge < -0.3 is 18.6 Å². The van der Waals surface area contributed by atoms with E-state index in [-0.39, 0.29) is 29.5 Å². The smallest absolute Gasteiger partial charge is 0.342 e. The van der Waals surface area contributed by atoms with Crippen molar-refractivity contribution < 1.29 is 28.2 Å². The maximum atomic E-state index is 12.7. The van der Waals surface area contributed by atoms with E-state index in [0.29, 0.717) is 24.2 Å². The van der Waals surface area contributed by atoms with Crippen LogP contribution in [0.5, 0.6) is 11.5 Å². The highest BCUT2D eigenvalue weighted by Crippen LogP contribution is 2.46. The molecule has 1 aliphatic heterocycles.